The number of H-pyrrole nitrogens is 1. The Morgan fingerprint density at radius 1 is 1.69 bits per heavy atom. The predicted molar refractivity (Wildman–Crippen MR) is 62.2 cm³/mol. The first kappa shape index (κ1) is 11.1. The highest BCUT2D eigenvalue weighted by atomic mass is 16.2. The molecule has 0 saturated carbocycles. The van der Waals surface area contributed by atoms with E-state index in [9.17, 15) is 4.79 Å². The minimum Gasteiger partial charge on any atom is -0.316 e. The fraction of sp³-hybridized carbons (Fsp3) is 0.636. The lowest BCUT2D eigenvalue weighted by atomic mass is 9.99. The number of aryl methyl sites for hydroxylation is 1. The molecule has 1 atom stereocenters. The van der Waals surface area contributed by atoms with E-state index < -0.39 is 0 Å². The van der Waals surface area contributed by atoms with Crippen LogP contribution in [0.2, 0.25) is 0 Å². The Kier molecular flexibility index (Phi) is 3.56. The first-order valence-corrected chi connectivity index (χ1v) is 5.85. The molecule has 0 spiro atoms. The number of aromatic nitrogens is 2. The number of aromatic amines is 1. The van der Waals surface area contributed by atoms with Gasteiger partial charge in [-0.15, -0.1) is 0 Å². The van der Waals surface area contributed by atoms with E-state index in [4.69, 9.17) is 0 Å². The van der Waals surface area contributed by atoms with Crippen LogP contribution in [-0.4, -0.2) is 29.2 Å². The van der Waals surface area contributed by atoms with Gasteiger partial charge in [0.1, 0.15) is 0 Å². The van der Waals surface area contributed by atoms with Crippen LogP contribution in [0.5, 0.6) is 0 Å². The Balaban J connectivity index is 1.90. The standard InChI is InChI=1S/C11H18N4O/c1-2-9-6-10(15-14-9)13-11(16)8-4-3-5-12-7-8/h6,8,12H,2-5,7H2,1H3,(H2,13,14,15,16)/t8-/m1/s1. The summed E-state index contributed by atoms with van der Waals surface area (Å²) in [6.07, 6.45) is 2.93. The van der Waals surface area contributed by atoms with Gasteiger partial charge >= 0.3 is 0 Å². The summed E-state index contributed by atoms with van der Waals surface area (Å²) < 4.78 is 0. The van der Waals surface area contributed by atoms with Crippen molar-refractivity contribution in [2.24, 2.45) is 5.92 Å². The summed E-state index contributed by atoms with van der Waals surface area (Å²) in [6, 6.07) is 1.88. The van der Waals surface area contributed by atoms with E-state index in [0.717, 1.165) is 38.0 Å². The largest absolute Gasteiger partial charge is 0.316 e. The van der Waals surface area contributed by atoms with Gasteiger partial charge in [-0.3, -0.25) is 9.89 Å². The van der Waals surface area contributed by atoms with E-state index in [1.807, 2.05) is 13.0 Å². The topological polar surface area (TPSA) is 69.8 Å². The maximum absolute atomic E-state index is 11.9. The molecule has 0 radical (unpaired) electrons. The summed E-state index contributed by atoms with van der Waals surface area (Å²) >= 11 is 0. The Morgan fingerprint density at radius 2 is 2.56 bits per heavy atom. The fourth-order valence-electron chi connectivity index (χ4n) is 1.91. The maximum Gasteiger partial charge on any atom is 0.229 e. The van der Waals surface area contributed by atoms with Gasteiger partial charge in [-0.05, 0) is 25.8 Å². The molecule has 1 fully saturated rings. The average molecular weight is 222 g/mol. The van der Waals surface area contributed by atoms with E-state index in [1.54, 1.807) is 0 Å². The number of nitrogens with zero attached hydrogens (tertiary/aromatic N) is 1. The highest BCUT2D eigenvalue weighted by Gasteiger charge is 2.21. The number of rotatable bonds is 3. The van der Waals surface area contributed by atoms with Crippen molar-refractivity contribution in [3.05, 3.63) is 11.8 Å². The van der Waals surface area contributed by atoms with Crippen LogP contribution < -0.4 is 10.6 Å². The zero-order valence-electron chi connectivity index (χ0n) is 9.55. The van der Waals surface area contributed by atoms with Crippen molar-refractivity contribution in [3.63, 3.8) is 0 Å². The van der Waals surface area contributed by atoms with Crippen molar-refractivity contribution in [3.8, 4) is 0 Å². The molecule has 1 aliphatic heterocycles. The third-order valence-electron chi connectivity index (χ3n) is 2.93. The van der Waals surface area contributed by atoms with Crippen LogP contribution in [-0.2, 0) is 11.2 Å². The molecular formula is C11H18N4O. The van der Waals surface area contributed by atoms with Gasteiger partial charge < -0.3 is 10.6 Å². The Hall–Kier alpha value is -1.36. The second-order valence-electron chi connectivity index (χ2n) is 4.16. The highest BCUT2D eigenvalue weighted by Crippen LogP contribution is 2.13. The Morgan fingerprint density at radius 3 is 3.19 bits per heavy atom. The number of nitrogens with one attached hydrogen (secondary N) is 3. The molecule has 2 rings (SSSR count). The van der Waals surface area contributed by atoms with Gasteiger partial charge in [-0.1, -0.05) is 6.92 Å². The lowest BCUT2D eigenvalue weighted by Gasteiger charge is -2.21. The number of hydrogen-bond acceptors (Lipinski definition) is 3. The first-order chi connectivity index (χ1) is 7.79. The fourth-order valence-corrected chi connectivity index (χ4v) is 1.91. The van der Waals surface area contributed by atoms with Gasteiger partial charge in [0.15, 0.2) is 5.82 Å². The first-order valence-electron chi connectivity index (χ1n) is 5.85. The zero-order valence-corrected chi connectivity index (χ0v) is 9.55. The summed E-state index contributed by atoms with van der Waals surface area (Å²) in [4.78, 5) is 11.9. The van der Waals surface area contributed by atoms with Gasteiger partial charge in [0.2, 0.25) is 5.91 Å². The third-order valence-corrected chi connectivity index (χ3v) is 2.93. The molecule has 0 bridgehead atoms. The monoisotopic (exact) mass is 222 g/mol. The van der Waals surface area contributed by atoms with E-state index in [2.05, 4.69) is 20.8 Å². The van der Waals surface area contributed by atoms with Crippen molar-refractivity contribution in [1.29, 1.82) is 0 Å². The second kappa shape index (κ2) is 5.12. The zero-order chi connectivity index (χ0) is 11.4. The summed E-state index contributed by atoms with van der Waals surface area (Å²) in [5, 5.41) is 13.0. The number of piperidine rings is 1. The maximum atomic E-state index is 11.9. The normalized spacial score (nSPS) is 20.7. The van der Waals surface area contributed by atoms with Gasteiger partial charge in [-0.2, -0.15) is 5.10 Å². The van der Waals surface area contributed by atoms with Gasteiger partial charge in [0.05, 0.1) is 5.92 Å². The Bertz CT molecular complexity index is 355. The molecule has 1 aromatic rings. The molecule has 88 valence electrons. The van der Waals surface area contributed by atoms with E-state index >= 15 is 0 Å². The van der Waals surface area contributed by atoms with E-state index in [-0.39, 0.29) is 11.8 Å². The molecule has 5 heteroatoms. The minimum atomic E-state index is 0.0707. The lowest BCUT2D eigenvalue weighted by Crippen LogP contribution is -2.37. The van der Waals surface area contributed by atoms with Crippen LogP contribution in [0.15, 0.2) is 6.07 Å². The van der Waals surface area contributed by atoms with Crippen LogP contribution in [0, 0.1) is 5.92 Å². The summed E-state index contributed by atoms with van der Waals surface area (Å²) in [7, 11) is 0. The molecule has 1 amide bonds. The number of hydrogen-bond donors (Lipinski definition) is 3. The quantitative estimate of drug-likeness (QED) is 0.712. The lowest BCUT2D eigenvalue weighted by molar-refractivity contribution is -0.120. The predicted octanol–water partition coefficient (Wildman–Crippen LogP) is 0.910. The van der Waals surface area contributed by atoms with Crippen molar-refractivity contribution >= 4 is 11.7 Å². The molecule has 1 saturated heterocycles. The van der Waals surface area contributed by atoms with Crippen LogP contribution >= 0.6 is 0 Å². The molecule has 1 aliphatic rings. The number of amides is 1. The van der Waals surface area contributed by atoms with Crippen molar-refractivity contribution in [1.82, 2.24) is 15.5 Å². The summed E-state index contributed by atoms with van der Waals surface area (Å²) in [6.45, 7) is 3.84. The molecular weight excluding hydrogens is 204 g/mol. The van der Waals surface area contributed by atoms with E-state index in [1.165, 1.54) is 0 Å². The van der Waals surface area contributed by atoms with Crippen LogP contribution in [0.4, 0.5) is 5.82 Å². The number of anilines is 1. The average Bonchev–Trinajstić information content (AvgIpc) is 2.78. The van der Waals surface area contributed by atoms with Crippen LogP contribution in [0.25, 0.3) is 0 Å². The van der Waals surface area contributed by atoms with Crippen molar-refractivity contribution < 1.29 is 4.79 Å². The highest BCUT2D eigenvalue weighted by molar-refractivity contribution is 5.91. The molecule has 1 aromatic heterocycles. The molecule has 5 nitrogen and oxygen atoms in total. The minimum absolute atomic E-state index is 0.0707. The Labute approximate surface area is 95.0 Å². The number of carbonyl (C=O) groups excluding carboxylic acids is 1. The summed E-state index contributed by atoms with van der Waals surface area (Å²) in [5.74, 6) is 0.782. The number of carbonyl (C=O) groups is 1. The van der Waals surface area contributed by atoms with Crippen LogP contribution in [0.1, 0.15) is 25.5 Å². The van der Waals surface area contributed by atoms with Gasteiger partial charge in [0.25, 0.3) is 0 Å². The van der Waals surface area contributed by atoms with Gasteiger partial charge in [-0.25, -0.2) is 0 Å². The van der Waals surface area contributed by atoms with Crippen LogP contribution in [0.3, 0.4) is 0 Å². The second-order valence-corrected chi connectivity index (χ2v) is 4.16. The van der Waals surface area contributed by atoms with Gasteiger partial charge in [0, 0.05) is 18.3 Å². The van der Waals surface area contributed by atoms with Crippen molar-refractivity contribution in [2.75, 3.05) is 18.4 Å². The smallest absolute Gasteiger partial charge is 0.229 e. The van der Waals surface area contributed by atoms with Crippen molar-refractivity contribution in [2.45, 2.75) is 26.2 Å². The SMILES string of the molecule is CCc1cc(NC(=O)[C@@H]2CCCNC2)n[nH]1. The van der Waals surface area contributed by atoms with E-state index in [0.29, 0.717) is 5.82 Å². The molecule has 0 aromatic carbocycles. The summed E-state index contributed by atoms with van der Waals surface area (Å²) in [5.41, 5.74) is 1.04. The molecule has 2 heterocycles. The molecule has 0 aliphatic carbocycles. The third kappa shape index (κ3) is 2.61. The molecule has 16 heavy (non-hydrogen) atoms. The molecule has 0 unspecified atom stereocenters. The molecule has 3 N–H and O–H groups in total.